The van der Waals surface area contributed by atoms with Crippen LogP contribution in [0, 0.1) is 0 Å². The van der Waals surface area contributed by atoms with Crippen molar-refractivity contribution in [3.05, 3.63) is 104 Å². The van der Waals surface area contributed by atoms with Gasteiger partial charge in [-0.05, 0) is 126 Å². The van der Waals surface area contributed by atoms with Gasteiger partial charge >= 0.3 is 0 Å². The molecule has 0 saturated carbocycles. The first-order chi connectivity index (χ1) is 37.1. The van der Waals surface area contributed by atoms with E-state index in [9.17, 15) is 0 Å². The minimum absolute atomic E-state index is 1.19. The molecule has 0 amide bonds. The molecule has 0 bridgehead atoms. The summed E-state index contributed by atoms with van der Waals surface area (Å²) in [5, 5.41) is 22.9. The van der Waals surface area contributed by atoms with Crippen LogP contribution in [0.3, 0.4) is 0 Å². The Morgan fingerprint density at radius 3 is 0.667 bits per heavy atom. The van der Waals surface area contributed by atoms with Gasteiger partial charge in [0.05, 0.1) is 0 Å². The average Bonchev–Trinajstić information content (AvgIpc) is 4.25. The number of thiophene rings is 3. The first-order valence-corrected chi connectivity index (χ1v) is 33.5. The molecule has 3 heteroatoms. The molecule has 396 valence electrons. The van der Waals surface area contributed by atoms with Crippen LogP contribution in [0.15, 0.2) is 72.8 Å². The van der Waals surface area contributed by atoms with Gasteiger partial charge in [-0.3, -0.25) is 0 Å². The van der Waals surface area contributed by atoms with Gasteiger partial charge in [0.1, 0.15) is 0 Å². The molecule has 0 unspecified atom stereocenters. The molecule has 10 rings (SSSR count). The van der Waals surface area contributed by atoms with Gasteiger partial charge in [0.2, 0.25) is 0 Å². The zero-order valence-electron chi connectivity index (χ0n) is 47.4. The smallest absolute Gasteiger partial charge is 0.0440 e. The van der Waals surface area contributed by atoms with Crippen LogP contribution in [0.5, 0.6) is 0 Å². The summed E-state index contributed by atoms with van der Waals surface area (Å²) in [4.78, 5) is 5.03. The van der Waals surface area contributed by atoms with E-state index in [0.29, 0.717) is 0 Å². The molecule has 0 fully saturated rings. The number of benzene rings is 7. The fourth-order valence-corrected chi connectivity index (χ4v) is 18.0. The lowest BCUT2D eigenvalue weighted by atomic mass is 9.83. The first-order valence-electron chi connectivity index (χ1n) is 31.1. The van der Waals surface area contributed by atoms with E-state index in [-0.39, 0.29) is 0 Å². The van der Waals surface area contributed by atoms with Gasteiger partial charge in [0.25, 0.3) is 0 Å². The summed E-state index contributed by atoms with van der Waals surface area (Å²) < 4.78 is 4.72. The van der Waals surface area contributed by atoms with Crippen molar-refractivity contribution in [1.82, 2.24) is 0 Å². The number of hydrogen-bond acceptors (Lipinski definition) is 3. The second-order valence-electron chi connectivity index (χ2n) is 22.9. The number of rotatable bonds is 30. The van der Waals surface area contributed by atoms with E-state index in [1.54, 1.807) is 77.7 Å². The molecule has 10 aromatic rings. The quantitative estimate of drug-likeness (QED) is 0.0311. The molecular formula is C72H90S3. The second-order valence-corrected chi connectivity index (χ2v) is 26.2. The lowest BCUT2D eigenvalue weighted by Gasteiger charge is -2.20. The highest BCUT2D eigenvalue weighted by Crippen LogP contribution is 2.57. The molecule has 0 aliphatic carbocycles. The van der Waals surface area contributed by atoms with Crippen molar-refractivity contribution >= 4 is 129 Å². The summed E-state index contributed by atoms with van der Waals surface area (Å²) in [6, 6.07) is 29.5. The molecule has 0 aliphatic heterocycles. The Bertz CT molecular complexity index is 3130. The predicted octanol–water partition coefficient (Wildman–Crippen LogP) is 25.0. The molecule has 0 N–H and O–H groups in total. The van der Waals surface area contributed by atoms with Crippen molar-refractivity contribution in [3.63, 3.8) is 0 Å². The minimum atomic E-state index is 1.19. The van der Waals surface area contributed by atoms with E-state index in [1.807, 2.05) is 0 Å². The van der Waals surface area contributed by atoms with Crippen LogP contribution in [-0.4, -0.2) is 0 Å². The fourth-order valence-electron chi connectivity index (χ4n) is 13.6. The molecule has 0 radical (unpaired) electrons. The third-order valence-electron chi connectivity index (χ3n) is 17.5. The molecule has 0 saturated heterocycles. The summed E-state index contributed by atoms with van der Waals surface area (Å²) in [6.45, 7) is 14.2. The Kier molecular flexibility index (Phi) is 18.9. The summed E-state index contributed by atoms with van der Waals surface area (Å²) in [5.74, 6) is 0. The van der Waals surface area contributed by atoms with E-state index in [0.717, 1.165) is 0 Å². The average molecular weight is 1050 g/mol. The Labute approximate surface area is 464 Å². The van der Waals surface area contributed by atoms with E-state index >= 15 is 0 Å². The molecular weight excluding hydrogens is 961 g/mol. The van der Waals surface area contributed by atoms with Crippen molar-refractivity contribution in [2.75, 3.05) is 0 Å². The minimum Gasteiger partial charge on any atom is -0.139 e. The van der Waals surface area contributed by atoms with Gasteiger partial charge in [-0.15, -0.1) is 34.0 Å². The van der Waals surface area contributed by atoms with Gasteiger partial charge < -0.3 is 0 Å². The number of fused-ring (bicyclic) bond motifs is 21. The summed E-state index contributed by atoms with van der Waals surface area (Å²) in [7, 11) is 0. The van der Waals surface area contributed by atoms with Crippen molar-refractivity contribution in [2.45, 2.75) is 234 Å². The maximum atomic E-state index is 2.56. The lowest BCUT2D eigenvalue weighted by molar-refractivity contribution is 0.656. The molecule has 3 heterocycles. The van der Waals surface area contributed by atoms with Crippen molar-refractivity contribution < 1.29 is 0 Å². The van der Waals surface area contributed by atoms with Crippen LogP contribution in [-0.2, 0) is 38.5 Å². The zero-order chi connectivity index (χ0) is 51.7. The summed E-state index contributed by atoms with van der Waals surface area (Å²) in [5.41, 5.74) is 5.05. The molecule has 75 heavy (non-hydrogen) atoms. The Hall–Kier alpha value is -4.02. The largest absolute Gasteiger partial charge is 0.139 e. The fraction of sp³-hybridized carbons (Fsp3) is 0.500. The maximum Gasteiger partial charge on any atom is 0.0440 e. The highest BCUT2D eigenvalue weighted by molar-refractivity contribution is 7.22. The van der Waals surface area contributed by atoms with Crippen LogP contribution in [0.2, 0.25) is 0 Å². The third kappa shape index (κ3) is 10.8. The van der Waals surface area contributed by atoms with Crippen LogP contribution >= 0.6 is 34.0 Å². The Morgan fingerprint density at radius 2 is 0.440 bits per heavy atom. The van der Waals surface area contributed by atoms with Gasteiger partial charge in [-0.1, -0.05) is 230 Å². The maximum absolute atomic E-state index is 2.56. The van der Waals surface area contributed by atoms with Crippen molar-refractivity contribution in [1.29, 1.82) is 0 Å². The van der Waals surface area contributed by atoms with E-state index in [4.69, 9.17) is 0 Å². The molecule has 0 aliphatic rings. The van der Waals surface area contributed by atoms with Crippen LogP contribution in [0.25, 0.3) is 94.9 Å². The lowest BCUT2D eigenvalue weighted by Crippen LogP contribution is -1.95. The molecule has 7 aromatic carbocycles. The molecule has 0 nitrogen and oxygen atoms in total. The van der Waals surface area contributed by atoms with Crippen LogP contribution in [0.1, 0.15) is 227 Å². The van der Waals surface area contributed by atoms with E-state index in [2.05, 4.69) is 148 Å². The second kappa shape index (κ2) is 26.1. The molecule has 0 spiro atoms. The number of aryl methyl sites for hydroxylation is 6. The standard InChI is InChI=1S/C72H90S3/c1-7-13-19-25-43-55-58(46-28-22-16-10-4)73-70-61(55)49-37-31-34-40-52(49)64-67(70)65-53-41-35-32-38-50(53)62-56(44-26-20-14-8-2)60(48-30-24-18-12-6)75-72(62)69(65)66-54-42-36-33-39-51(54)63-57(45-27-21-15-9-3)59(47-29-23-17-11-5)74-71(63)68(64)66/h31-42H,7-30,43-48H2,1-6H3. The van der Waals surface area contributed by atoms with E-state index < -0.39 is 0 Å². The van der Waals surface area contributed by atoms with Gasteiger partial charge in [-0.2, -0.15) is 0 Å². The number of hydrogen-bond donors (Lipinski definition) is 0. The van der Waals surface area contributed by atoms with Gasteiger partial charge in [0.15, 0.2) is 0 Å². The topological polar surface area (TPSA) is 0 Å². The van der Waals surface area contributed by atoms with Gasteiger partial charge in [0, 0.05) is 77.2 Å². The van der Waals surface area contributed by atoms with Crippen LogP contribution in [0.4, 0.5) is 0 Å². The van der Waals surface area contributed by atoms with E-state index in [1.165, 1.54) is 241 Å². The summed E-state index contributed by atoms with van der Waals surface area (Å²) >= 11 is 6.67. The third-order valence-corrected chi connectivity index (χ3v) is 21.4. The highest BCUT2D eigenvalue weighted by atomic mass is 32.1. The van der Waals surface area contributed by atoms with Crippen LogP contribution < -0.4 is 0 Å². The van der Waals surface area contributed by atoms with Gasteiger partial charge in [-0.25, -0.2) is 0 Å². The SMILES string of the molecule is CCCCCCc1sc2c(c1CCCCCC)c1ccccc1c1c2c2c3ccccc3c3c(CCCCCC)c(CCCCCC)sc3c2c2c3ccccc3c3c(CCCCCC)c(CCCCCC)sc3c12. The Balaban J connectivity index is 1.45. The zero-order valence-corrected chi connectivity index (χ0v) is 49.8. The molecule has 0 atom stereocenters. The summed E-state index contributed by atoms with van der Waals surface area (Å²) in [6.07, 6.45) is 38.4. The van der Waals surface area contributed by atoms with Crippen molar-refractivity contribution in [2.24, 2.45) is 0 Å². The first kappa shape index (κ1) is 54.3. The Morgan fingerprint density at radius 1 is 0.227 bits per heavy atom. The highest BCUT2D eigenvalue weighted by Gasteiger charge is 2.30. The van der Waals surface area contributed by atoms with Crippen molar-refractivity contribution in [3.8, 4) is 0 Å². The number of unbranched alkanes of at least 4 members (excludes halogenated alkanes) is 18. The molecule has 3 aromatic heterocycles. The predicted molar refractivity (Wildman–Crippen MR) is 345 cm³/mol. The monoisotopic (exact) mass is 1050 g/mol. The normalized spacial score (nSPS) is 12.4.